The maximum atomic E-state index is 11.9. The van der Waals surface area contributed by atoms with Crippen LogP contribution >= 0.6 is 0 Å². The van der Waals surface area contributed by atoms with Crippen LogP contribution in [-0.2, 0) is 9.84 Å². The molecule has 2 atom stereocenters. The van der Waals surface area contributed by atoms with Gasteiger partial charge in [-0.15, -0.1) is 0 Å². The van der Waals surface area contributed by atoms with Crippen molar-refractivity contribution in [2.45, 2.75) is 44.9 Å². The largest absolute Gasteiger partial charge is 0.229 e. The molecule has 3 aliphatic carbocycles. The van der Waals surface area contributed by atoms with Gasteiger partial charge in [-0.3, -0.25) is 0 Å². The van der Waals surface area contributed by atoms with E-state index < -0.39 is 9.84 Å². The minimum Gasteiger partial charge on any atom is -0.229 e. The maximum Gasteiger partial charge on any atom is 0.150 e. The number of hydrogen-bond donors (Lipinski definition) is 0. The normalized spacial score (nSPS) is 33.5. The molecule has 0 radical (unpaired) electrons. The van der Waals surface area contributed by atoms with Crippen molar-refractivity contribution < 1.29 is 8.42 Å². The minimum atomic E-state index is -2.82. The van der Waals surface area contributed by atoms with Gasteiger partial charge >= 0.3 is 0 Å². The van der Waals surface area contributed by atoms with Crippen LogP contribution < -0.4 is 0 Å². The molecule has 100 valence electrons. The van der Waals surface area contributed by atoms with Crippen molar-refractivity contribution >= 4 is 9.84 Å². The predicted molar refractivity (Wildman–Crippen MR) is 69.5 cm³/mol. The first-order valence-electron chi connectivity index (χ1n) is 7.14. The van der Waals surface area contributed by atoms with E-state index in [1.807, 2.05) is 0 Å². The molecule has 2 unspecified atom stereocenters. The second-order valence-corrected chi connectivity index (χ2v) is 8.88. The topological polar surface area (TPSA) is 57.9 Å². The van der Waals surface area contributed by atoms with Crippen molar-refractivity contribution in [1.29, 1.82) is 5.26 Å². The summed E-state index contributed by atoms with van der Waals surface area (Å²) < 4.78 is 23.9. The summed E-state index contributed by atoms with van der Waals surface area (Å²) in [7, 11) is -2.82. The summed E-state index contributed by atoms with van der Waals surface area (Å²) in [5, 5.41) is 9.19. The highest BCUT2D eigenvalue weighted by Crippen LogP contribution is 2.53. The average Bonchev–Trinajstić information content (AvgIpc) is 3.12. The van der Waals surface area contributed by atoms with Crippen molar-refractivity contribution in [2.75, 3.05) is 11.5 Å². The molecule has 0 spiro atoms. The zero-order chi connectivity index (χ0) is 12.8. The number of rotatable bonds is 6. The van der Waals surface area contributed by atoms with Crippen LogP contribution in [0.15, 0.2) is 0 Å². The van der Waals surface area contributed by atoms with Gasteiger partial charge in [0, 0.05) is 0 Å². The highest BCUT2D eigenvalue weighted by Gasteiger charge is 2.48. The van der Waals surface area contributed by atoms with E-state index in [0.29, 0.717) is 29.3 Å². The van der Waals surface area contributed by atoms with E-state index in [4.69, 9.17) is 0 Å². The summed E-state index contributed by atoms with van der Waals surface area (Å²) in [6.45, 7) is 0. The minimum absolute atomic E-state index is 0.0837. The Labute approximate surface area is 109 Å². The van der Waals surface area contributed by atoms with Gasteiger partial charge in [-0.05, 0) is 56.3 Å². The smallest absolute Gasteiger partial charge is 0.150 e. The molecule has 0 aliphatic heterocycles. The molecule has 4 heteroatoms. The lowest BCUT2D eigenvalue weighted by Crippen LogP contribution is -2.28. The van der Waals surface area contributed by atoms with E-state index in [2.05, 4.69) is 6.07 Å². The standard InChI is InChI=1S/C14H21NO2S/c15-10-14(4-1-5-14)7-12-6-13(12)9-18(16,17)8-11-2-3-11/h11-13H,1-9H2. The second kappa shape index (κ2) is 4.23. The third-order valence-corrected chi connectivity index (χ3v) is 6.84. The first-order chi connectivity index (χ1) is 8.52. The molecule has 0 aromatic heterocycles. The van der Waals surface area contributed by atoms with Gasteiger partial charge in [0.05, 0.1) is 23.0 Å². The average molecular weight is 267 g/mol. The Bertz CT molecular complexity index is 469. The SMILES string of the molecule is N#CC1(CC2CC2CS(=O)(=O)CC2CC2)CCC1. The van der Waals surface area contributed by atoms with E-state index in [1.165, 1.54) is 6.42 Å². The van der Waals surface area contributed by atoms with Gasteiger partial charge in [0.2, 0.25) is 0 Å². The third-order valence-electron chi connectivity index (χ3n) is 4.92. The number of nitrogens with zero attached hydrogens (tertiary/aromatic N) is 1. The molecule has 18 heavy (non-hydrogen) atoms. The fourth-order valence-corrected chi connectivity index (χ4v) is 5.52. The molecule has 3 fully saturated rings. The molecule has 0 aromatic carbocycles. The molecule has 3 aliphatic rings. The molecule has 3 rings (SSSR count). The first kappa shape index (κ1) is 12.5. The summed E-state index contributed by atoms with van der Waals surface area (Å²) in [5.74, 6) is 2.14. The lowest BCUT2D eigenvalue weighted by Gasteiger charge is -2.35. The molecule has 0 heterocycles. The van der Waals surface area contributed by atoms with Gasteiger partial charge in [-0.2, -0.15) is 5.26 Å². The highest BCUT2D eigenvalue weighted by molar-refractivity contribution is 7.91. The maximum absolute atomic E-state index is 11.9. The van der Waals surface area contributed by atoms with Crippen LogP contribution in [0, 0.1) is 34.5 Å². The van der Waals surface area contributed by atoms with Crippen molar-refractivity contribution in [3.63, 3.8) is 0 Å². The summed E-state index contributed by atoms with van der Waals surface area (Å²) in [5.41, 5.74) is -0.0837. The van der Waals surface area contributed by atoms with Crippen LogP contribution in [0.3, 0.4) is 0 Å². The Morgan fingerprint density at radius 3 is 2.39 bits per heavy atom. The Balaban J connectivity index is 1.47. The zero-order valence-corrected chi connectivity index (χ0v) is 11.6. The highest BCUT2D eigenvalue weighted by atomic mass is 32.2. The molecular formula is C14H21NO2S. The monoisotopic (exact) mass is 267 g/mol. The molecule has 0 aromatic rings. The lowest BCUT2D eigenvalue weighted by atomic mass is 9.67. The quantitative estimate of drug-likeness (QED) is 0.743. The Morgan fingerprint density at radius 2 is 1.89 bits per heavy atom. The molecule has 3 nitrogen and oxygen atoms in total. The molecule has 3 saturated carbocycles. The van der Waals surface area contributed by atoms with Crippen molar-refractivity contribution in [2.24, 2.45) is 23.2 Å². The van der Waals surface area contributed by atoms with E-state index in [0.717, 1.165) is 38.5 Å². The summed E-state index contributed by atoms with van der Waals surface area (Å²) in [6, 6.07) is 2.46. The van der Waals surface area contributed by atoms with E-state index in [-0.39, 0.29) is 5.41 Å². The fraction of sp³-hybridized carbons (Fsp3) is 0.929. The Kier molecular flexibility index (Phi) is 2.93. The van der Waals surface area contributed by atoms with E-state index >= 15 is 0 Å². The van der Waals surface area contributed by atoms with Crippen LogP contribution in [-0.4, -0.2) is 19.9 Å². The third kappa shape index (κ3) is 2.71. The first-order valence-corrected chi connectivity index (χ1v) is 8.96. The predicted octanol–water partition coefficient (Wildman–Crippen LogP) is 2.53. The molecule has 0 saturated heterocycles. The Hall–Kier alpha value is -0.560. The Morgan fingerprint density at radius 1 is 1.17 bits per heavy atom. The van der Waals surface area contributed by atoms with E-state index in [9.17, 15) is 13.7 Å². The molecular weight excluding hydrogens is 246 g/mol. The number of sulfone groups is 1. The number of nitriles is 1. The summed E-state index contributed by atoms with van der Waals surface area (Å²) in [4.78, 5) is 0. The van der Waals surface area contributed by atoms with Gasteiger partial charge < -0.3 is 0 Å². The van der Waals surface area contributed by atoms with Crippen LogP contribution in [0.25, 0.3) is 0 Å². The number of hydrogen-bond acceptors (Lipinski definition) is 3. The second-order valence-electron chi connectivity index (χ2n) is 6.73. The summed E-state index contributed by atoms with van der Waals surface area (Å²) >= 11 is 0. The summed E-state index contributed by atoms with van der Waals surface area (Å²) in [6.07, 6.45) is 7.42. The van der Waals surface area contributed by atoms with Gasteiger partial charge in [0.1, 0.15) is 0 Å². The van der Waals surface area contributed by atoms with Crippen molar-refractivity contribution in [3.8, 4) is 6.07 Å². The van der Waals surface area contributed by atoms with Gasteiger partial charge in [0.15, 0.2) is 9.84 Å². The van der Waals surface area contributed by atoms with Crippen LogP contribution in [0.4, 0.5) is 0 Å². The lowest BCUT2D eigenvalue weighted by molar-refractivity contribution is 0.184. The molecule has 0 bridgehead atoms. The van der Waals surface area contributed by atoms with Crippen LogP contribution in [0.1, 0.15) is 44.9 Å². The van der Waals surface area contributed by atoms with Crippen molar-refractivity contribution in [1.82, 2.24) is 0 Å². The molecule has 0 N–H and O–H groups in total. The fourth-order valence-electron chi connectivity index (χ4n) is 3.27. The van der Waals surface area contributed by atoms with Gasteiger partial charge in [0.25, 0.3) is 0 Å². The van der Waals surface area contributed by atoms with Crippen molar-refractivity contribution in [3.05, 3.63) is 0 Å². The zero-order valence-electron chi connectivity index (χ0n) is 10.8. The molecule has 0 amide bonds. The van der Waals surface area contributed by atoms with Gasteiger partial charge in [-0.1, -0.05) is 6.42 Å². The van der Waals surface area contributed by atoms with E-state index in [1.54, 1.807) is 0 Å². The van der Waals surface area contributed by atoms with Crippen LogP contribution in [0.2, 0.25) is 0 Å². The van der Waals surface area contributed by atoms with Gasteiger partial charge in [-0.25, -0.2) is 8.42 Å². The van der Waals surface area contributed by atoms with Crippen LogP contribution in [0.5, 0.6) is 0 Å².